The van der Waals surface area contributed by atoms with Crippen LogP contribution in [0.15, 0.2) is 48.5 Å². The number of hydrogen-bond acceptors (Lipinski definition) is 5. The fraction of sp³-hybridized carbons (Fsp3) is 0.444. The lowest BCUT2D eigenvalue weighted by Gasteiger charge is -2.28. The Hall–Kier alpha value is -3.39. The van der Waals surface area contributed by atoms with Crippen molar-refractivity contribution in [2.75, 3.05) is 19.8 Å². The van der Waals surface area contributed by atoms with E-state index in [4.69, 9.17) is 14.6 Å². The second kappa shape index (κ2) is 10.5. The van der Waals surface area contributed by atoms with Gasteiger partial charge in [-0.2, -0.15) is 0 Å². The fourth-order valence-electron chi connectivity index (χ4n) is 4.88. The number of nitrogens with one attached hydrogen (secondary N) is 2. The first kappa shape index (κ1) is 24.7. The number of alkyl carbamates (subject to hydrolysis) is 1. The molecule has 0 radical (unpaired) electrons. The number of carbonyl (C=O) groups is 3. The largest absolute Gasteiger partial charge is 0.481 e. The van der Waals surface area contributed by atoms with Crippen molar-refractivity contribution in [1.29, 1.82) is 0 Å². The summed E-state index contributed by atoms with van der Waals surface area (Å²) >= 11 is 0. The highest BCUT2D eigenvalue weighted by Gasteiger charge is 2.37. The Balaban J connectivity index is 1.29. The highest BCUT2D eigenvalue weighted by atomic mass is 16.5. The Bertz CT molecular complexity index is 1050. The smallest absolute Gasteiger partial charge is 0.407 e. The van der Waals surface area contributed by atoms with Gasteiger partial charge in [-0.25, -0.2) is 4.79 Å². The number of hydrogen-bond donors (Lipinski definition) is 3. The first-order valence-electron chi connectivity index (χ1n) is 12.0. The second-order valence-electron chi connectivity index (χ2n) is 9.81. The van der Waals surface area contributed by atoms with Crippen molar-refractivity contribution in [2.24, 2.45) is 5.92 Å². The number of rotatable bonds is 9. The zero-order valence-electron chi connectivity index (χ0n) is 20.1. The van der Waals surface area contributed by atoms with Gasteiger partial charge in [-0.1, -0.05) is 48.5 Å². The number of amides is 2. The molecule has 8 heteroatoms. The molecular formula is C27H32N2O6. The van der Waals surface area contributed by atoms with E-state index in [-0.39, 0.29) is 37.3 Å². The third-order valence-corrected chi connectivity index (χ3v) is 6.75. The zero-order chi connectivity index (χ0) is 25.0. The molecule has 1 fully saturated rings. The minimum absolute atomic E-state index is 0.0190. The quantitative estimate of drug-likeness (QED) is 0.504. The van der Waals surface area contributed by atoms with Gasteiger partial charge in [-0.3, -0.25) is 9.59 Å². The maximum absolute atomic E-state index is 12.8. The van der Waals surface area contributed by atoms with Crippen molar-refractivity contribution in [3.05, 3.63) is 59.7 Å². The Morgan fingerprint density at radius 3 is 2.31 bits per heavy atom. The lowest BCUT2D eigenvalue weighted by Crippen LogP contribution is -2.50. The molecule has 1 aliphatic carbocycles. The molecule has 0 aromatic heterocycles. The van der Waals surface area contributed by atoms with E-state index >= 15 is 0 Å². The molecule has 8 nitrogen and oxygen atoms in total. The molecule has 0 unspecified atom stereocenters. The molecule has 2 aromatic rings. The van der Waals surface area contributed by atoms with E-state index < -0.39 is 23.7 Å². The third kappa shape index (κ3) is 5.82. The Morgan fingerprint density at radius 1 is 1.06 bits per heavy atom. The van der Waals surface area contributed by atoms with Gasteiger partial charge in [0.25, 0.3) is 0 Å². The predicted molar refractivity (Wildman–Crippen MR) is 130 cm³/mol. The first-order valence-corrected chi connectivity index (χ1v) is 12.0. The molecule has 0 saturated carbocycles. The molecule has 0 spiro atoms. The summed E-state index contributed by atoms with van der Waals surface area (Å²) in [6.45, 7) is 4.47. The third-order valence-electron chi connectivity index (χ3n) is 6.75. The highest BCUT2D eigenvalue weighted by Crippen LogP contribution is 2.44. The summed E-state index contributed by atoms with van der Waals surface area (Å²) in [5.41, 5.74) is 3.95. The molecule has 0 bridgehead atoms. The summed E-state index contributed by atoms with van der Waals surface area (Å²) < 4.78 is 11.2. The van der Waals surface area contributed by atoms with E-state index in [0.717, 1.165) is 11.1 Å². The minimum Gasteiger partial charge on any atom is -0.481 e. The molecule has 1 heterocycles. The van der Waals surface area contributed by atoms with Gasteiger partial charge < -0.3 is 25.2 Å². The summed E-state index contributed by atoms with van der Waals surface area (Å²) in [7, 11) is 0. The van der Waals surface area contributed by atoms with Gasteiger partial charge in [0.1, 0.15) is 12.7 Å². The lowest BCUT2D eigenvalue weighted by atomic mass is 9.95. The van der Waals surface area contributed by atoms with E-state index in [9.17, 15) is 14.4 Å². The van der Waals surface area contributed by atoms with E-state index in [0.29, 0.717) is 19.4 Å². The summed E-state index contributed by atoms with van der Waals surface area (Å²) in [6.07, 6.45) is -0.320. The van der Waals surface area contributed by atoms with Crippen LogP contribution in [0.2, 0.25) is 0 Å². The van der Waals surface area contributed by atoms with Crippen LogP contribution in [0.1, 0.15) is 50.2 Å². The molecule has 35 heavy (non-hydrogen) atoms. The van der Waals surface area contributed by atoms with E-state index in [1.54, 1.807) is 13.8 Å². The average Bonchev–Trinajstić information content (AvgIpc) is 3.43. The molecule has 1 aliphatic heterocycles. The molecule has 2 atom stereocenters. The summed E-state index contributed by atoms with van der Waals surface area (Å²) in [6, 6.07) is 16.3. The first-order chi connectivity index (χ1) is 16.7. The normalized spacial score (nSPS) is 19.0. The number of carboxylic acid groups (broad SMARTS) is 1. The average molecular weight is 481 g/mol. The number of ether oxygens (including phenoxy) is 2. The molecular weight excluding hydrogens is 448 g/mol. The van der Waals surface area contributed by atoms with Crippen molar-refractivity contribution in [3.8, 4) is 11.1 Å². The maximum atomic E-state index is 12.8. The van der Waals surface area contributed by atoms with E-state index in [1.807, 2.05) is 24.3 Å². The van der Waals surface area contributed by atoms with Gasteiger partial charge in [-0.05, 0) is 48.9 Å². The SMILES string of the molecule is CC(C)(CCC(=O)O)NC(=O)[C@@H]1OCC[C@@H]1CNC(=O)OCC1c2ccccc2-c2ccccc21. The zero-order valence-corrected chi connectivity index (χ0v) is 20.1. The van der Waals surface area contributed by atoms with Crippen molar-refractivity contribution >= 4 is 18.0 Å². The van der Waals surface area contributed by atoms with Crippen LogP contribution in [0.4, 0.5) is 4.79 Å². The molecule has 2 aromatic carbocycles. The number of fused-ring (bicyclic) bond motifs is 3. The van der Waals surface area contributed by atoms with Gasteiger partial charge in [0, 0.05) is 36.9 Å². The van der Waals surface area contributed by atoms with Crippen LogP contribution in [0.3, 0.4) is 0 Å². The van der Waals surface area contributed by atoms with Crippen LogP contribution < -0.4 is 10.6 Å². The van der Waals surface area contributed by atoms with E-state index in [2.05, 4.69) is 34.9 Å². The van der Waals surface area contributed by atoms with Crippen molar-refractivity contribution in [1.82, 2.24) is 10.6 Å². The topological polar surface area (TPSA) is 114 Å². The number of benzene rings is 2. The Labute approximate surface area is 205 Å². The monoisotopic (exact) mass is 480 g/mol. The minimum atomic E-state index is -0.908. The van der Waals surface area contributed by atoms with Crippen molar-refractivity contribution in [2.45, 2.75) is 50.7 Å². The number of carbonyl (C=O) groups excluding carboxylic acids is 2. The standard InChI is InChI=1S/C27H32N2O6/c1-27(2,13-11-23(30)31)29-25(32)24-17(12-14-34-24)15-28-26(33)35-16-22-20-9-5-3-7-18(20)19-8-4-6-10-21(19)22/h3-10,17,22,24H,11-16H2,1-2H3,(H,28,33)(H,29,32)(H,30,31)/t17-,24-/m1/s1. The van der Waals surface area contributed by atoms with Crippen molar-refractivity contribution in [3.63, 3.8) is 0 Å². The van der Waals surface area contributed by atoms with Gasteiger partial charge in [0.15, 0.2) is 0 Å². The highest BCUT2D eigenvalue weighted by molar-refractivity contribution is 5.82. The lowest BCUT2D eigenvalue weighted by molar-refractivity contribution is -0.138. The Morgan fingerprint density at radius 2 is 1.69 bits per heavy atom. The number of carboxylic acids is 1. The summed E-state index contributed by atoms with van der Waals surface area (Å²) in [5.74, 6) is -1.41. The maximum Gasteiger partial charge on any atom is 0.407 e. The van der Waals surface area contributed by atoms with E-state index in [1.165, 1.54) is 11.1 Å². The number of aliphatic carboxylic acids is 1. The molecule has 186 valence electrons. The predicted octanol–water partition coefficient (Wildman–Crippen LogP) is 3.69. The van der Waals surface area contributed by atoms with Gasteiger partial charge >= 0.3 is 12.1 Å². The van der Waals surface area contributed by atoms with Crippen LogP contribution in [-0.2, 0) is 19.1 Å². The van der Waals surface area contributed by atoms with Crippen LogP contribution in [0, 0.1) is 5.92 Å². The fourth-order valence-corrected chi connectivity index (χ4v) is 4.88. The van der Waals surface area contributed by atoms with Crippen LogP contribution in [-0.4, -0.2) is 54.5 Å². The van der Waals surface area contributed by atoms with Gasteiger partial charge in [0.2, 0.25) is 5.91 Å². The van der Waals surface area contributed by atoms with Gasteiger partial charge in [0.05, 0.1) is 0 Å². The summed E-state index contributed by atoms with van der Waals surface area (Å²) in [5, 5.41) is 14.6. The van der Waals surface area contributed by atoms with Crippen LogP contribution in [0.5, 0.6) is 0 Å². The van der Waals surface area contributed by atoms with Crippen LogP contribution in [0.25, 0.3) is 11.1 Å². The molecule has 2 aliphatic rings. The summed E-state index contributed by atoms with van der Waals surface area (Å²) in [4.78, 5) is 36.1. The molecule has 2 amide bonds. The molecule has 1 saturated heterocycles. The second-order valence-corrected chi connectivity index (χ2v) is 9.81. The van der Waals surface area contributed by atoms with Crippen LogP contribution >= 0.6 is 0 Å². The van der Waals surface area contributed by atoms with Crippen molar-refractivity contribution < 1.29 is 29.0 Å². The molecule has 3 N–H and O–H groups in total. The Kier molecular flexibility index (Phi) is 7.40. The van der Waals surface area contributed by atoms with Gasteiger partial charge in [-0.15, -0.1) is 0 Å². The molecule has 4 rings (SSSR count).